The molecule has 0 unspecified atom stereocenters. The average Bonchev–Trinajstić information content (AvgIpc) is 2.46. The maximum atomic E-state index is 11.3. The van der Waals surface area contributed by atoms with Gasteiger partial charge in [-0.2, -0.15) is 0 Å². The summed E-state index contributed by atoms with van der Waals surface area (Å²) >= 11 is 5.90. The third-order valence-corrected chi connectivity index (χ3v) is 3.34. The van der Waals surface area contributed by atoms with E-state index in [1.54, 1.807) is 18.2 Å². The van der Waals surface area contributed by atoms with Crippen molar-refractivity contribution in [1.82, 2.24) is 0 Å². The van der Waals surface area contributed by atoms with Crippen LogP contribution in [0.1, 0.15) is 17.2 Å². The molecule has 1 aliphatic rings. The molecule has 5 heteroatoms. The van der Waals surface area contributed by atoms with E-state index < -0.39 is 11.0 Å². The molecule has 0 fully saturated rings. The summed E-state index contributed by atoms with van der Waals surface area (Å²) in [7, 11) is 0. The Hall–Kier alpha value is -2.33. The van der Waals surface area contributed by atoms with Gasteiger partial charge in [0.2, 0.25) is 6.10 Å². The van der Waals surface area contributed by atoms with Gasteiger partial charge in [0.25, 0.3) is 5.70 Å². The van der Waals surface area contributed by atoms with Gasteiger partial charge in [0.05, 0.1) is 4.92 Å². The number of hydrogen-bond donors (Lipinski definition) is 0. The van der Waals surface area contributed by atoms with E-state index in [0.717, 1.165) is 5.56 Å². The molecule has 0 spiro atoms. The van der Waals surface area contributed by atoms with Crippen molar-refractivity contribution in [2.24, 2.45) is 0 Å². The first-order chi connectivity index (χ1) is 9.65. The molecule has 3 rings (SSSR count). The lowest BCUT2D eigenvalue weighted by atomic mass is 10.0. The lowest BCUT2D eigenvalue weighted by Crippen LogP contribution is -2.19. The van der Waals surface area contributed by atoms with Crippen LogP contribution in [0.3, 0.4) is 0 Å². The molecule has 0 radical (unpaired) electrons. The quantitative estimate of drug-likeness (QED) is 0.617. The Kier molecular flexibility index (Phi) is 3.16. The molecule has 100 valence electrons. The van der Waals surface area contributed by atoms with Gasteiger partial charge in [-0.1, -0.05) is 41.9 Å². The van der Waals surface area contributed by atoms with Crippen molar-refractivity contribution >= 4 is 17.7 Å². The molecule has 2 aromatic rings. The molecule has 1 atom stereocenters. The number of fused-ring (bicyclic) bond motifs is 1. The predicted octanol–water partition coefficient (Wildman–Crippen LogP) is 4.09. The first kappa shape index (κ1) is 12.7. The minimum absolute atomic E-state index is 0.00552. The Morgan fingerprint density at radius 3 is 2.60 bits per heavy atom. The largest absolute Gasteiger partial charge is 0.474 e. The van der Waals surface area contributed by atoms with Gasteiger partial charge in [0.1, 0.15) is 5.75 Å². The van der Waals surface area contributed by atoms with Crippen molar-refractivity contribution in [2.45, 2.75) is 6.10 Å². The van der Waals surface area contributed by atoms with Crippen molar-refractivity contribution in [3.05, 3.63) is 80.5 Å². The first-order valence-corrected chi connectivity index (χ1v) is 6.40. The van der Waals surface area contributed by atoms with Gasteiger partial charge >= 0.3 is 0 Å². The van der Waals surface area contributed by atoms with E-state index in [2.05, 4.69) is 0 Å². The Labute approximate surface area is 120 Å². The summed E-state index contributed by atoms with van der Waals surface area (Å²) in [6.07, 6.45) is 0.808. The normalized spacial score (nSPS) is 16.9. The first-order valence-electron chi connectivity index (χ1n) is 6.02. The molecular formula is C15H10ClNO3. The van der Waals surface area contributed by atoms with Gasteiger partial charge in [-0.3, -0.25) is 10.1 Å². The Bertz CT molecular complexity index is 698. The number of nitro groups is 1. The third kappa shape index (κ3) is 2.26. The molecule has 0 amide bonds. The number of halogens is 1. The van der Waals surface area contributed by atoms with Crippen LogP contribution in [-0.2, 0) is 0 Å². The summed E-state index contributed by atoms with van der Waals surface area (Å²) in [5, 5.41) is 11.8. The van der Waals surface area contributed by atoms with E-state index in [0.29, 0.717) is 16.3 Å². The molecule has 0 aromatic heterocycles. The lowest BCUT2D eigenvalue weighted by Gasteiger charge is -2.22. The third-order valence-electron chi connectivity index (χ3n) is 3.10. The summed E-state index contributed by atoms with van der Waals surface area (Å²) in [6, 6.07) is 14.2. The van der Waals surface area contributed by atoms with Crippen molar-refractivity contribution in [3.8, 4) is 5.75 Å². The zero-order valence-corrected chi connectivity index (χ0v) is 11.1. The molecule has 0 bridgehead atoms. The summed E-state index contributed by atoms with van der Waals surface area (Å²) in [6.45, 7) is 0. The fourth-order valence-corrected chi connectivity index (χ4v) is 2.36. The number of ether oxygens (including phenoxy) is 1. The molecule has 0 aliphatic carbocycles. The van der Waals surface area contributed by atoms with Crippen molar-refractivity contribution in [1.29, 1.82) is 0 Å². The van der Waals surface area contributed by atoms with Crippen molar-refractivity contribution in [3.63, 3.8) is 0 Å². The van der Waals surface area contributed by atoms with E-state index >= 15 is 0 Å². The van der Waals surface area contributed by atoms with E-state index in [1.807, 2.05) is 30.3 Å². The lowest BCUT2D eigenvalue weighted by molar-refractivity contribution is -0.434. The number of nitrogens with zero attached hydrogens (tertiary/aromatic N) is 1. The van der Waals surface area contributed by atoms with Crippen LogP contribution in [0, 0.1) is 10.1 Å². The molecule has 0 N–H and O–H groups in total. The Morgan fingerprint density at radius 1 is 1.15 bits per heavy atom. The number of hydrogen-bond acceptors (Lipinski definition) is 3. The molecule has 1 heterocycles. The Balaban J connectivity index is 2.10. The van der Waals surface area contributed by atoms with E-state index in [4.69, 9.17) is 16.3 Å². The summed E-state index contributed by atoms with van der Waals surface area (Å²) < 4.78 is 5.78. The van der Waals surface area contributed by atoms with Crippen LogP contribution in [0.4, 0.5) is 0 Å². The van der Waals surface area contributed by atoms with Crippen LogP contribution < -0.4 is 4.74 Å². The monoisotopic (exact) mass is 287 g/mol. The molecule has 0 saturated heterocycles. The van der Waals surface area contributed by atoms with Gasteiger partial charge in [-0.15, -0.1) is 0 Å². The molecule has 0 saturated carbocycles. The SMILES string of the molecule is O=[N+]([O-])C1=Cc2cc(Cl)ccc2O[C@H]1c1ccccc1. The minimum Gasteiger partial charge on any atom is -0.474 e. The number of rotatable bonds is 2. The van der Waals surface area contributed by atoms with Crippen LogP contribution in [0.2, 0.25) is 5.02 Å². The molecule has 4 nitrogen and oxygen atoms in total. The summed E-state index contributed by atoms with van der Waals surface area (Å²) in [5.41, 5.74) is 1.37. The van der Waals surface area contributed by atoms with Gasteiger partial charge in [0.15, 0.2) is 0 Å². The smallest absolute Gasteiger partial charge is 0.291 e. The standard InChI is InChI=1S/C15H10ClNO3/c16-12-6-7-14-11(8-12)9-13(17(18)19)15(20-14)10-4-2-1-3-5-10/h1-9,15H/t15-/m0/s1. The zero-order valence-electron chi connectivity index (χ0n) is 10.3. The van der Waals surface area contributed by atoms with Crippen LogP contribution in [0.25, 0.3) is 6.08 Å². The van der Waals surface area contributed by atoms with Crippen LogP contribution in [-0.4, -0.2) is 4.92 Å². The van der Waals surface area contributed by atoms with Crippen LogP contribution >= 0.6 is 11.6 Å². The molecule has 1 aliphatic heterocycles. The van der Waals surface area contributed by atoms with E-state index in [9.17, 15) is 10.1 Å². The number of benzene rings is 2. The maximum Gasteiger partial charge on any atom is 0.291 e. The highest BCUT2D eigenvalue weighted by molar-refractivity contribution is 6.30. The highest BCUT2D eigenvalue weighted by Crippen LogP contribution is 2.38. The van der Waals surface area contributed by atoms with Gasteiger partial charge < -0.3 is 4.74 Å². The second-order valence-corrected chi connectivity index (χ2v) is 4.85. The molecular weight excluding hydrogens is 278 g/mol. The van der Waals surface area contributed by atoms with Crippen molar-refractivity contribution in [2.75, 3.05) is 0 Å². The van der Waals surface area contributed by atoms with Crippen LogP contribution in [0.15, 0.2) is 54.2 Å². The maximum absolute atomic E-state index is 11.3. The Morgan fingerprint density at radius 2 is 1.90 bits per heavy atom. The van der Waals surface area contributed by atoms with E-state index in [-0.39, 0.29) is 5.70 Å². The predicted molar refractivity (Wildman–Crippen MR) is 76.2 cm³/mol. The summed E-state index contributed by atoms with van der Waals surface area (Å²) in [4.78, 5) is 10.8. The summed E-state index contributed by atoms with van der Waals surface area (Å²) in [5.74, 6) is 0.592. The highest BCUT2D eigenvalue weighted by atomic mass is 35.5. The zero-order chi connectivity index (χ0) is 14.1. The van der Waals surface area contributed by atoms with E-state index in [1.165, 1.54) is 6.08 Å². The fourth-order valence-electron chi connectivity index (χ4n) is 2.18. The second-order valence-electron chi connectivity index (χ2n) is 4.42. The minimum atomic E-state index is -0.708. The second kappa shape index (κ2) is 4.98. The highest BCUT2D eigenvalue weighted by Gasteiger charge is 2.32. The topological polar surface area (TPSA) is 52.4 Å². The van der Waals surface area contributed by atoms with Gasteiger partial charge in [-0.05, 0) is 18.2 Å². The fraction of sp³-hybridized carbons (Fsp3) is 0.0667. The van der Waals surface area contributed by atoms with Crippen LogP contribution in [0.5, 0.6) is 5.75 Å². The molecule has 20 heavy (non-hydrogen) atoms. The van der Waals surface area contributed by atoms with Crippen molar-refractivity contribution < 1.29 is 9.66 Å². The van der Waals surface area contributed by atoms with Gasteiger partial charge in [-0.25, -0.2) is 0 Å². The van der Waals surface area contributed by atoms with Gasteiger partial charge in [0, 0.05) is 22.2 Å². The average molecular weight is 288 g/mol. The molecule has 2 aromatic carbocycles.